The van der Waals surface area contributed by atoms with Gasteiger partial charge in [0.25, 0.3) is 0 Å². The Morgan fingerprint density at radius 3 is 2.76 bits per heavy atom. The number of nitrogen functional groups attached to an aromatic ring is 1. The number of aromatic nitrogens is 1. The van der Waals surface area contributed by atoms with E-state index in [9.17, 15) is 0 Å². The molecule has 2 aliphatic heterocycles. The lowest BCUT2D eigenvalue weighted by atomic mass is 10.1. The molecule has 1 unspecified atom stereocenters. The number of pyridine rings is 1. The fourth-order valence-electron chi connectivity index (χ4n) is 3.23. The quantitative estimate of drug-likeness (QED) is 0.895. The van der Waals surface area contributed by atoms with Crippen molar-refractivity contribution < 1.29 is 4.74 Å². The second-order valence-electron chi connectivity index (χ2n) is 6.05. The number of hydrogen-bond acceptors (Lipinski definition) is 5. The summed E-state index contributed by atoms with van der Waals surface area (Å²) in [6.45, 7) is 6.59. The minimum atomic E-state index is 0.534. The van der Waals surface area contributed by atoms with Crippen molar-refractivity contribution in [2.75, 3.05) is 50.0 Å². The molecule has 3 heterocycles. The molecular formula is C16H26N4O. The first-order valence-corrected chi connectivity index (χ1v) is 8.12. The maximum atomic E-state index is 5.68. The first-order valence-electron chi connectivity index (χ1n) is 8.12. The average Bonchev–Trinajstić information content (AvgIpc) is 3.02. The second kappa shape index (κ2) is 7.09. The third-order valence-corrected chi connectivity index (χ3v) is 4.53. The lowest BCUT2D eigenvalue weighted by Crippen LogP contribution is -2.46. The van der Waals surface area contributed by atoms with Gasteiger partial charge in [-0.15, -0.1) is 0 Å². The minimum Gasteiger partial charge on any atom is -0.384 e. The Bertz CT molecular complexity index is 422. The summed E-state index contributed by atoms with van der Waals surface area (Å²) in [5.41, 5.74) is 6.82. The summed E-state index contributed by atoms with van der Waals surface area (Å²) in [6.07, 6.45) is 7.40. The van der Waals surface area contributed by atoms with Crippen LogP contribution in [0.25, 0.3) is 0 Å². The molecule has 1 aromatic heterocycles. The molecule has 0 amide bonds. The first kappa shape index (κ1) is 14.6. The van der Waals surface area contributed by atoms with Crippen LogP contribution in [-0.2, 0) is 4.74 Å². The third-order valence-electron chi connectivity index (χ3n) is 4.53. The molecule has 5 nitrogen and oxygen atoms in total. The van der Waals surface area contributed by atoms with Gasteiger partial charge in [-0.2, -0.15) is 0 Å². The van der Waals surface area contributed by atoms with Gasteiger partial charge in [-0.1, -0.05) is 0 Å². The monoisotopic (exact) mass is 290 g/mol. The molecule has 21 heavy (non-hydrogen) atoms. The van der Waals surface area contributed by atoms with Gasteiger partial charge in [0.1, 0.15) is 5.82 Å². The SMILES string of the molecule is Nc1ccc(N2CCN(CCCC3CCCO3)CC2)cn1. The normalized spacial score (nSPS) is 23.6. The van der Waals surface area contributed by atoms with Crippen LogP contribution >= 0.6 is 0 Å². The van der Waals surface area contributed by atoms with Gasteiger partial charge in [0.05, 0.1) is 18.0 Å². The van der Waals surface area contributed by atoms with Crippen molar-refractivity contribution in [1.82, 2.24) is 9.88 Å². The number of ether oxygens (including phenoxy) is 1. The number of anilines is 2. The van der Waals surface area contributed by atoms with Crippen molar-refractivity contribution >= 4 is 11.5 Å². The Hall–Kier alpha value is -1.33. The minimum absolute atomic E-state index is 0.534. The van der Waals surface area contributed by atoms with E-state index < -0.39 is 0 Å². The fraction of sp³-hybridized carbons (Fsp3) is 0.688. The largest absolute Gasteiger partial charge is 0.384 e. The zero-order valence-corrected chi connectivity index (χ0v) is 12.7. The molecule has 0 aliphatic carbocycles. The lowest BCUT2D eigenvalue weighted by molar-refractivity contribution is 0.0984. The predicted octanol–water partition coefficient (Wildman–Crippen LogP) is 1.74. The molecule has 116 valence electrons. The number of piperazine rings is 1. The number of rotatable bonds is 5. The average molecular weight is 290 g/mol. The van der Waals surface area contributed by atoms with Crippen LogP contribution in [0.3, 0.4) is 0 Å². The molecule has 0 radical (unpaired) electrons. The third kappa shape index (κ3) is 4.08. The Labute approximate surface area is 127 Å². The molecule has 2 fully saturated rings. The van der Waals surface area contributed by atoms with Crippen LogP contribution in [0, 0.1) is 0 Å². The predicted molar refractivity (Wildman–Crippen MR) is 85.5 cm³/mol. The Kier molecular flexibility index (Phi) is 4.93. The number of nitrogens with zero attached hydrogens (tertiary/aromatic N) is 3. The summed E-state index contributed by atoms with van der Waals surface area (Å²) in [4.78, 5) is 9.13. The Morgan fingerprint density at radius 2 is 2.10 bits per heavy atom. The zero-order valence-electron chi connectivity index (χ0n) is 12.7. The number of nitrogens with two attached hydrogens (primary N) is 1. The van der Waals surface area contributed by atoms with Crippen molar-refractivity contribution in [3.8, 4) is 0 Å². The highest BCUT2D eigenvalue weighted by Gasteiger charge is 2.19. The maximum absolute atomic E-state index is 5.68. The summed E-state index contributed by atoms with van der Waals surface area (Å²) in [5, 5.41) is 0. The standard InChI is InChI=1S/C16H26N4O/c17-16-6-5-14(13-18-16)20-10-8-19(9-11-20)7-1-3-15-4-2-12-21-15/h5-6,13,15H,1-4,7-12H2,(H2,17,18). The molecule has 0 saturated carbocycles. The molecular weight excluding hydrogens is 264 g/mol. The Morgan fingerprint density at radius 1 is 1.24 bits per heavy atom. The van der Waals surface area contributed by atoms with E-state index in [1.54, 1.807) is 0 Å². The molecule has 0 spiro atoms. The van der Waals surface area contributed by atoms with Gasteiger partial charge in [0.2, 0.25) is 0 Å². The van der Waals surface area contributed by atoms with Gasteiger partial charge >= 0.3 is 0 Å². The summed E-state index contributed by atoms with van der Waals surface area (Å²) >= 11 is 0. The number of hydrogen-bond donors (Lipinski definition) is 1. The Balaban J connectivity index is 1.37. The maximum Gasteiger partial charge on any atom is 0.123 e. The van der Waals surface area contributed by atoms with Crippen molar-refractivity contribution in [1.29, 1.82) is 0 Å². The summed E-state index contributed by atoms with van der Waals surface area (Å²) < 4.78 is 5.68. The topological polar surface area (TPSA) is 54.6 Å². The van der Waals surface area contributed by atoms with Crippen LogP contribution in [0.2, 0.25) is 0 Å². The molecule has 5 heteroatoms. The van der Waals surface area contributed by atoms with E-state index in [0.29, 0.717) is 11.9 Å². The highest BCUT2D eigenvalue weighted by Crippen LogP contribution is 2.18. The van der Waals surface area contributed by atoms with E-state index in [1.807, 2.05) is 12.3 Å². The van der Waals surface area contributed by atoms with Gasteiger partial charge in [0, 0.05) is 32.8 Å². The molecule has 1 aromatic rings. The zero-order chi connectivity index (χ0) is 14.5. The van der Waals surface area contributed by atoms with E-state index in [1.165, 1.54) is 37.9 Å². The van der Waals surface area contributed by atoms with E-state index >= 15 is 0 Å². The first-order chi connectivity index (χ1) is 10.3. The van der Waals surface area contributed by atoms with Gasteiger partial charge < -0.3 is 15.4 Å². The van der Waals surface area contributed by atoms with Crippen LogP contribution in [0.4, 0.5) is 11.5 Å². The van der Waals surface area contributed by atoms with Crippen molar-refractivity contribution in [3.63, 3.8) is 0 Å². The van der Waals surface area contributed by atoms with Crippen LogP contribution in [0.5, 0.6) is 0 Å². The summed E-state index contributed by atoms with van der Waals surface area (Å²) in [7, 11) is 0. The fourth-order valence-corrected chi connectivity index (χ4v) is 3.23. The molecule has 2 N–H and O–H groups in total. The van der Waals surface area contributed by atoms with Crippen molar-refractivity contribution in [2.24, 2.45) is 0 Å². The lowest BCUT2D eigenvalue weighted by Gasteiger charge is -2.36. The van der Waals surface area contributed by atoms with Crippen LogP contribution in [-0.4, -0.2) is 55.3 Å². The molecule has 0 bridgehead atoms. The van der Waals surface area contributed by atoms with E-state index in [2.05, 4.69) is 20.9 Å². The van der Waals surface area contributed by atoms with Crippen molar-refractivity contribution in [3.05, 3.63) is 18.3 Å². The molecule has 3 rings (SSSR count). The van der Waals surface area contributed by atoms with E-state index in [0.717, 1.165) is 32.8 Å². The highest BCUT2D eigenvalue weighted by molar-refractivity contribution is 5.48. The molecule has 1 atom stereocenters. The van der Waals surface area contributed by atoms with Crippen molar-refractivity contribution in [2.45, 2.75) is 31.8 Å². The molecule has 2 aliphatic rings. The van der Waals surface area contributed by atoms with E-state index in [4.69, 9.17) is 10.5 Å². The highest BCUT2D eigenvalue weighted by atomic mass is 16.5. The van der Waals surface area contributed by atoms with Crippen LogP contribution in [0.15, 0.2) is 18.3 Å². The van der Waals surface area contributed by atoms with E-state index in [-0.39, 0.29) is 0 Å². The van der Waals surface area contributed by atoms with Crippen LogP contribution in [0.1, 0.15) is 25.7 Å². The van der Waals surface area contributed by atoms with Gasteiger partial charge in [-0.05, 0) is 44.4 Å². The molecule has 0 aromatic carbocycles. The smallest absolute Gasteiger partial charge is 0.123 e. The second-order valence-corrected chi connectivity index (χ2v) is 6.05. The van der Waals surface area contributed by atoms with Gasteiger partial charge in [-0.3, -0.25) is 4.90 Å². The van der Waals surface area contributed by atoms with Crippen LogP contribution < -0.4 is 10.6 Å². The summed E-state index contributed by atoms with van der Waals surface area (Å²) in [6, 6.07) is 3.94. The summed E-state index contributed by atoms with van der Waals surface area (Å²) in [5.74, 6) is 0.589. The molecule has 2 saturated heterocycles. The van der Waals surface area contributed by atoms with Gasteiger partial charge in [0.15, 0.2) is 0 Å². The van der Waals surface area contributed by atoms with Gasteiger partial charge in [-0.25, -0.2) is 4.98 Å².